The van der Waals surface area contributed by atoms with Gasteiger partial charge in [-0.3, -0.25) is 4.79 Å². The van der Waals surface area contributed by atoms with Gasteiger partial charge in [-0.15, -0.1) is 0 Å². The topological polar surface area (TPSA) is 29.5 Å². The Morgan fingerprint density at radius 3 is 2.47 bits per heavy atom. The SMILES string of the molecule is COC(=O)C(C)(C)CN(C)CCC1CCCC1. The highest BCUT2D eigenvalue weighted by molar-refractivity contribution is 5.76. The van der Waals surface area contributed by atoms with E-state index in [4.69, 9.17) is 4.74 Å². The molecule has 0 aromatic rings. The van der Waals surface area contributed by atoms with Crippen LogP contribution in [0.3, 0.4) is 0 Å². The number of hydrogen-bond donors (Lipinski definition) is 0. The first-order valence-electron chi connectivity index (χ1n) is 6.72. The van der Waals surface area contributed by atoms with Crippen LogP contribution in [0.15, 0.2) is 0 Å². The average molecular weight is 241 g/mol. The van der Waals surface area contributed by atoms with Crippen molar-refractivity contribution in [1.29, 1.82) is 0 Å². The molecule has 0 aliphatic heterocycles. The van der Waals surface area contributed by atoms with Crippen molar-refractivity contribution in [3.8, 4) is 0 Å². The van der Waals surface area contributed by atoms with Crippen LogP contribution in [0.1, 0.15) is 46.0 Å². The van der Waals surface area contributed by atoms with Crippen molar-refractivity contribution in [3.63, 3.8) is 0 Å². The molecule has 1 saturated carbocycles. The van der Waals surface area contributed by atoms with Gasteiger partial charge in [0.25, 0.3) is 0 Å². The van der Waals surface area contributed by atoms with Gasteiger partial charge in [0.15, 0.2) is 0 Å². The van der Waals surface area contributed by atoms with Crippen LogP contribution in [-0.4, -0.2) is 38.1 Å². The maximum atomic E-state index is 11.6. The van der Waals surface area contributed by atoms with E-state index in [0.29, 0.717) is 0 Å². The third-order valence-corrected chi connectivity index (χ3v) is 3.80. The minimum absolute atomic E-state index is 0.120. The van der Waals surface area contributed by atoms with Crippen LogP contribution in [0.2, 0.25) is 0 Å². The van der Waals surface area contributed by atoms with Gasteiger partial charge >= 0.3 is 5.97 Å². The maximum absolute atomic E-state index is 11.6. The molecular formula is C14H27NO2. The largest absolute Gasteiger partial charge is 0.469 e. The summed E-state index contributed by atoms with van der Waals surface area (Å²) in [5, 5.41) is 0. The zero-order valence-corrected chi connectivity index (χ0v) is 11.8. The second-order valence-electron chi connectivity index (χ2n) is 6.05. The summed E-state index contributed by atoms with van der Waals surface area (Å²) in [6.07, 6.45) is 6.88. The lowest BCUT2D eigenvalue weighted by Crippen LogP contribution is -2.38. The number of rotatable bonds is 6. The standard InChI is InChI=1S/C14H27NO2/c1-14(2,13(16)17-4)11-15(3)10-9-12-7-5-6-8-12/h12H,5-11H2,1-4H3. The van der Waals surface area contributed by atoms with Crippen LogP contribution in [0.4, 0.5) is 0 Å². The summed E-state index contributed by atoms with van der Waals surface area (Å²) in [4.78, 5) is 13.8. The number of hydrogen-bond acceptors (Lipinski definition) is 3. The Bertz CT molecular complexity index is 245. The summed E-state index contributed by atoms with van der Waals surface area (Å²) in [7, 11) is 3.56. The normalized spacial score (nSPS) is 17.7. The van der Waals surface area contributed by atoms with Gasteiger partial charge in [0.2, 0.25) is 0 Å². The lowest BCUT2D eigenvalue weighted by atomic mass is 9.93. The van der Waals surface area contributed by atoms with Crippen LogP contribution in [0.25, 0.3) is 0 Å². The quantitative estimate of drug-likeness (QED) is 0.670. The van der Waals surface area contributed by atoms with E-state index in [1.807, 2.05) is 13.8 Å². The fourth-order valence-corrected chi connectivity index (χ4v) is 2.80. The van der Waals surface area contributed by atoms with Gasteiger partial charge < -0.3 is 9.64 Å². The molecule has 1 aliphatic rings. The fraction of sp³-hybridized carbons (Fsp3) is 0.929. The van der Waals surface area contributed by atoms with Crippen LogP contribution in [-0.2, 0) is 9.53 Å². The molecule has 3 nitrogen and oxygen atoms in total. The molecule has 0 saturated heterocycles. The van der Waals surface area contributed by atoms with Crippen molar-refractivity contribution in [3.05, 3.63) is 0 Å². The van der Waals surface area contributed by atoms with Gasteiger partial charge in [-0.05, 0) is 39.8 Å². The van der Waals surface area contributed by atoms with Crippen molar-refractivity contribution >= 4 is 5.97 Å². The predicted molar refractivity (Wildman–Crippen MR) is 69.9 cm³/mol. The minimum atomic E-state index is -0.404. The van der Waals surface area contributed by atoms with Gasteiger partial charge in [-0.1, -0.05) is 25.7 Å². The number of esters is 1. The van der Waals surface area contributed by atoms with E-state index in [0.717, 1.165) is 19.0 Å². The van der Waals surface area contributed by atoms with E-state index in [2.05, 4.69) is 11.9 Å². The summed E-state index contributed by atoms with van der Waals surface area (Å²) in [6, 6.07) is 0. The number of ether oxygens (including phenoxy) is 1. The average Bonchev–Trinajstić information content (AvgIpc) is 2.77. The van der Waals surface area contributed by atoms with Gasteiger partial charge in [0.05, 0.1) is 12.5 Å². The molecular weight excluding hydrogens is 214 g/mol. The van der Waals surface area contributed by atoms with Crippen LogP contribution >= 0.6 is 0 Å². The third-order valence-electron chi connectivity index (χ3n) is 3.80. The Morgan fingerprint density at radius 2 is 1.94 bits per heavy atom. The van der Waals surface area contributed by atoms with Crippen LogP contribution < -0.4 is 0 Å². The van der Waals surface area contributed by atoms with E-state index in [-0.39, 0.29) is 5.97 Å². The highest BCUT2D eigenvalue weighted by atomic mass is 16.5. The Kier molecular flexibility index (Phi) is 5.44. The zero-order chi connectivity index (χ0) is 12.9. The lowest BCUT2D eigenvalue weighted by Gasteiger charge is -2.28. The molecule has 1 rings (SSSR count). The highest BCUT2D eigenvalue weighted by Gasteiger charge is 2.30. The van der Waals surface area contributed by atoms with Crippen LogP contribution in [0, 0.1) is 11.3 Å². The molecule has 100 valence electrons. The Balaban J connectivity index is 2.27. The fourth-order valence-electron chi connectivity index (χ4n) is 2.80. The number of methoxy groups -OCH3 is 1. The molecule has 0 amide bonds. The lowest BCUT2D eigenvalue weighted by molar-refractivity contribution is -0.151. The Labute approximate surface area is 106 Å². The summed E-state index contributed by atoms with van der Waals surface area (Å²) in [6.45, 7) is 5.76. The van der Waals surface area contributed by atoms with Crippen LogP contribution in [0.5, 0.6) is 0 Å². The molecule has 0 atom stereocenters. The molecule has 0 unspecified atom stereocenters. The van der Waals surface area contributed by atoms with E-state index in [9.17, 15) is 4.79 Å². The molecule has 1 aliphatic carbocycles. The summed E-state index contributed by atoms with van der Waals surface area (Å²) in [5.74, 6) is 0.795. The molecule has 0 bridgehead atoms. The van der Waals surface area contributed by atoms with E-state index < -0.39 is 5.41 Å². The first kappa shape index (κ1) is 14.5. The molecule has 0 N–H and O–H groups in total. The molecule has 17 heavy (non-hydrogen) atoms. The highest BCUT2D eigenvalue weighted by Crippen LogP contribution is 2.28. The van der Waals surface area contributed by atoms with Gasteiger partial charge in [0.1, 0.15) is 0 Å². The Morgan fingerprint density at radius 1 is 1.35 bits per heavy atom. The second kappa shape index (κ2) is 6.39. The Hall–Kier alpha value is -0.570. The summed E-state index contributed by atoms with van der Waals surface area (Å²) < 4.78 is 4.83. The van der Waals surface area contributed by atoms with Crippen molar-refractivity contribution < 1.29 is 9.53 Å². The van der Waals surface area contributed by atoms with E-state index >= 15 is 0 Å². The number of carbonyl (C=O) groups is 1. The van der Waals surface area contributed by atoms with Crippen molar-refractivity contribution in [1.82, 2.24) is 4.90 Å². The molecule has 1 fully saturated rings. The van der Waals surface area contributed by atoms with Crippen molar-refractivity contribution in [2.75, 3.05) is 27.2 Å². The number of carbonyl (C=O) groups excluding carboxylic acids is 1. The smallest absolute Gasteiger partial charge is 0.312 e. The molecule has 0 heterocycles. The van der Waals surface area contributed by atoms with Gasteiger partial charge in [-0.2, -0.15) is 0 Å². The van der Waals surface area contributed by atoms with E-state index in [1.165, 1.54) is 39.2 Å². The predicted octanol–water partition coefficient (Wildman–Crippen LogP) is 2.70. The maximum Gasteiger partial charge on any atom is 0.312 e. The van der Waals surface area contributed by atoms with Crippen molar-refractivity contribution in [2.45, 2.75) is 46.0 Å². The van der Waals surface area contributed by atoms with Crippen molar-refractivity contribution in [2.24, 2.45) is 11.3 Å². The summed E-state index contributed by atoms with van der Waals surface area (Å²) >= 11 is 0. The third kappa shape index (κ3) is 4.66. The molecule has 0 spiro atoms. The first-order chi connectivity index (χ1) is 7.95. The first-order valence-corrected chi connectivity index (χ1v) is 6.72. The second-order valence-corrected chi connectivity index (χ2v) is 6.05. The van der Waals surface area contributed by atoms with Gasteiger partial charge in [-0.25, -0.2) is 0 Å². The molecule has 0 aromatic heterocycles. The molecule has 0 aromatic carbocycles. The molecule has 3 heteroatoms. The zero-order valence-electron chi connectivity index (χ0n) is 11.8. The van der Waals surface area contributed by atoms with Gasteiger partial charge in [0, 0.05) is 6.54 Å². The van der Waals surface area contributed by atoms with E-state index in [1.54, 1.807) is 0 Å². The number of nitrogens with zero attached hydrogens (tertiary/aromatic N) is 1. The minimum Gasteiger partial charge on any atom is -0.469 e. The molecule has 0 radical (unpaired) electrons. The summed E-state index contributed by atoms with van der Waals surface area (Å²) in [5.41, 5.74) is -0.404. The monoisotopic (exact) mass is 241 g/mol.